The number of aliphatic hydroxyl groups is 1. The van der Waals surface area contributed by atoms with E-state index in [-0.39, 0.29) is 17.8 Å². The van der Waals surface area contributed by atoms with Crippen LogP contribution in [0.2, 0.25) is 0 Å². The van der Waals surface area contributed by atoms with Gasteiger partial charge in [-0.1, -0.05) is 51.1 Å². The maximum atomic E-state index is 13.0. The predicted octanol–water partition coefficient (Wildman–Crippen LogP) is 4.15. The second-order valence-corrected chi connectivity index (χ2v) is 10.5. The highest BCUT2D eigenvalue weighted by Gasteiger charge is 2.72. The zero-order valence-electron chi connectivity index (χ0n) is 20.2. The lowest BCUT2D eigenvalue weighted by Crippen LogP contribution is -2.62. The lowest BCUT2D eigenvalue weighted by Gasteiger charge is -2.52. The molecule has 1 aliphatic carbocycles. The highest BCUT2D eigenvalue weighted by Crippen LogP contribution is 2.63. The third kappa shape index (κ3) is 4.12. The fourth-order valence-electron chi connectivity index (χ4n) is 6.38. The van der Waals surface area contributed by atoms with Gasteiger partial charge in [0.2, 0.25) is 0 Å². The zero-order valence-corrected chi connectivity index (χ0v) is 20.2. The molecule has 0 aromatic heterocycles. The van der Waals surface area contributed by atoms with Crippen LogP contribution < -0.4 is 0 Å². The molecule has 3 fully saturated rings. The maximum Gasteiger partial charge on any atom is 0.335 e. The molecule has 1 aromatic carbocycles. The Labute approximate surface area is 196 Å². The van der Waals surface area contributed by atoms with E-state index in [4.69, 9.17) is 14.2 Å². The van der Waals surface area contributed by atoms with Crippen molar-refractivity contribution in [2.24, 2.45) is 23.7 Å². The Hall–Kier alpha value is -2.18. The molecule has 8 atom stereocenters. The van der Waals surface area contributed by atoms with E-state index < -0.39 is 41.5 Å². The van der Waals surface area contributed by atoms with Gasteiger partial charge in [0.15, 0.2) is 0 Å². The summed E-state index contributed by atoms with van der Waals surface area (Å²) in [7, 11) is 0. The normalized spacial score (nSPS) is 38.3. The molecule has 6 heteroatoms. The second-order valence-electron chi connectivity index (χ2n) is 10.5. The number of aliphatic hydroxyl groups excluding tert-OH is 1. The minimum Gasteiger partial charge on any atom is -0.457 e. The number of esters is 2. The number of hydrogen-bond donors (Lipinski definition) is 1. The molecule has 1 N–H and O–H groups in total. The van der Waals surface area contributed by atoms with Crippen molar-refractivity contribution < 1.29 is 28.9 Å². The fourth-order valence-corrected chi connectivity index (χ4v) is 6.38. The Morgan fingerprint density at radius 2 is 1.85 bits per heavy atom. The quantitative estimate of drug-likeness (QED) is 0.511. The van der Waals surface area contributed by atoms with Crippen molar-refractivity contribution in [1.82, 2.24) is 0 Å². The first-order valence-corrected chi connectivity index (χ1v) is 12.1. The van der Waals surface area contributed by atoms with Gasteiger partial charge in [0.1, 0.15) is 29.5 Å². The summed E-state index contributed by atoms with van der Waals surface area (Å²) in [5.74, 6) is -0.410. The van der Waals surface area contributed by atoms with Gasteiger partial charge in [0, 0.05) is 18.4 Å². The topological polar surface area (TPSA) is 82.1 Å². The molecule has 3 aliphatic rings. The maximum absolute atomic E-state index is 13.0. The molecule has 2 saturated heterocycles. The van der Waals surface area contributed by atoms with Crippen molar-refractivity contribution in [3.8, 4) is 0 Å². The van der Waals surface area contributed by atoms with Crippen LogP contribution in [0.4, 0.5) is 0 Å². The van der Waals surface area contributed by atoms with Crippen LogP contribution in [0, 0.1) is 23.7 Å². The molecule has 0 radical (unpaired) electrons. The van der Waals surface area contributed by atoms with Gasteiger partial charge in [0.05, 0.1) is 0 Å². The lowest BCUT2D eigenvalue weighted by molar-refractivity contribution is -0.265. The Bertz CT molecular complexity index is 908. The number of fused-ring (bicyclic) bond motifs is 4. The first-order valence-electron chi connectivity index (χ1n) is 12.1. The third-order valence-electron chi connectivity index (χ3n) is 8.21. The number of benzene rings is 1. The highest BCUT2D eigenvalue weighted by molar-refractivity contribution is 5.87. The predicted molar refractivity (Wildman–Crippen MR) is 124 cm³/mol. The Morgan fingerprint density at radius 3 is 2.48 bits per heavy atom. The molecule has 0 amide bonds. The average Bonchev–Trinajstić information content (AvgIpc) is 3.28. The van der Waals surface area contributed by atoms with Gasteiger partial charge in [-0.3, -0.25) is 0 Å². The van der Waals surface area contributed by atoms with Crippen LogP contribution in [0.5, 0.6) is 0 Å². The van der Waals surface area contributed by atoms with Gasteiger partial charge >= 0.3 is 11.9 Å². The van der Waals surface area contributed by atoms with E-state index >= 15 is 0 Å². The molecular weight excluding hydrogens is 420 g/mol. The van der Waals surface area contributed by atoms with Gasteiger partial charge in [-0.2, -0.15) is 0 Å². The van der Waals surface area contributed by atoms with Crippen LogP contribution in [0.25, 0.3) is 6.08 Å². The molecule has 6 nitrogen and oxygen atoms in total. The monoisotopic (exact) mass is 456 g/mol. The van der Waals surface area contributed by atoms with Crippen LogP contribution >= 0.6 is 0 Å². The zero-order chi connectivity index (χ0) is 24.0. The number of ether oxygens (including phenoxy) is 3. The SMILES string of the molecule is CC(C)C12C[C@@H](OC(=O)[C@H](C)O)[C@@](C)(O1)[C@@H]1CC[C@@H](C)[C@H]1C2OC(=O)/C=C/c1ccccc1. The number of carbonyl (C=O) groups excluding carboxylic acids is 2. The average molecular weight is 457 g/mol. The summed E-state index contributed by atoms with van der Waals surface area (Å²) in [4.78, 5) is 25.3. The van der Waals surface area contributed by atoms with E-state index in [0.717, 1.165) is 18.4 Å². The molecule has 2 heterocycles. The van der Waals surface area contributed by atoms with E-state index in [1.54, 1.807) is 6.08 Å². The molecule has 2 bridgehead atoms. The number of rotatable bonds is 6. The van der Waals surface area contributed by atoms with Crippen molar-refractivity contribution in [1.29, 1.82) is 0 Å². The molecule has 33 heavy (non-hydrogen) atoms. The van der Waals surface area contributed by atoms with Crippen LogP contribution in [-0.2, 0) is 23.8 Å². The first kappa shape index (κ1) is 24.0. The standard InChI is InChI=1S/C27H36O6/c1-16(2)27-15-21(31-25(30)18(4)28)26(5,33-27)20-13-11-17(3)23(20)24(27)32-22(29)14-12-19-9-7-6-8-10-19/h6-10,12,14,16-18,20-21,23-24,28H,11,13,15H2,1-5H3/b14-12+/t17-,18+,20-,21-,23-,24?,26+,27?/m1/s1. The Kier molecular flexibility index (Phi) is 6.45. The minimum atomic E-state index is -1.20. The Balaban J connectivity index is 1.65. The summed E-state index contributed by atoms with van der Waals surface area (Å²) in [6.07, 6.45) is 3.49. The van der Waals surface area contributed by atoms with Crippen molar-refractivity contribution in [2.75, 3.05) is 0 Å². The molecule has 4 rings (SSSR count). The van der Waals surface area contributed by atoms with Crippen LogP contribution in [-0.4, -0.2) is 46.6 Å². The van der Waals surface area contributed by atoms with Crippen molar-refractivity contribution in [2.45, 2.75) is 83.4 Å². The lowest BCUT2D eigenvalue weighted by atomic mass is 9.69. The second kappa shape index (κ2) is 8.88. The number of carbonyl (C=O) groups is 2. The van der Waals surface area contributed by atoms with E-state index in [0.29, 0.717) is 12.3 Å². The molecule has 2 aliphatic heterocycles. The summed E-state index contributed by atoms with van der Waals surface area (Å²) in [5, 5.41) is 9.74. The molecule has 180 valence electrons. The van der Waals surface area contributed by atoms with Crippen LogP contribution in [0.1, 0.15) is 59.4 Å². The Morgan fingerprint density at radius 1 is 1.15 bits per heavy atom. The summed E-state index contributed by atoms with van der Waals surface area (Å²) in [6, 6.07) is 9.64. The van der Waals surface area contributed by atoms with E-state index in [1.807, 2.05) is 37.3 Å². The van der Waals surface area contributed by atoms with Gasteiger partial charge in [0.25, 0.3) is 0 Å². The summed E-state index contributed by atoms with van der Waals surface area (Å²) in [5.41, 5.74) is -0.500. The summed E-state index contributed by atoms with van der Waals surface area (Å²) >= 11 is 0. The van der Waals surface area contributed by atoms with Crippen LogP contribution in [0.3, 0.4) is 0 Å². The largest absolute Gasteiger partial charge is 0.457 e. The molecule has 2 unspecified atom stereocenters. The fraction of sp³-hybridized carbons (Fsp3) is 0.630. The van der Waals surface area contributed by atoms with E-state index in [2.05, 4.69) is 20.8 Å². The van der Waals surface area contributed by atoms with E-state index in [9.17, 15) is 14.7 Å². The van der Waals surface area contributed by atoms with Gasteiger partial charge in [-0.05, 0) is 56.1 Å². The molecule has 1 saturated carbocycles. The third-order valence-corrected chi connectivity index (χ3v) is 8.21. The summed E-state index contributed by atoms with van der Waals surface area (Å²) < 4.78 is 18.8. The molecule has 0 spiro atoms. The van der Waals surface area contributed by atoms with Crippen molar-refractivity contribution >= 4 is 18.0 Å². The highest BCUT2D eigenvalue weighted by atomic mass is 16.6. The number of hydrogen-bond acceptors (Lipinski definition) is 6. The smallest absolute Gasteiger partial charge is 0.335 e. The first-order chi connectivity index (χ1) is 15.6. The van der Waals surface area contributed by atoms with Gasteiger partial charge in [-0.25, -0.2) is 9.59 Å². The van der Waals surface area contributed by atoms with E-state index in [1.165, 1.54) is 13.0 Å². The minimum absolute atomic E-state index is 0.0386. The molecular formula is C27H36O6. The van der Waals surface area contributed by atoms with Crippen LogP contribution in [0.15, 0.2) is 36.4 Å². The van der Waals surface area contributed by atoms with Gasteiger partial charge < -0.3 is 19.3 Å². The van der Waals surface area contributed by atoms with Crippen molar-refractivity contribution in [3.63, 3.8) is 0 Å². The van der Waals surface area contributed by atoms with Crippen molar-refractivity contribution in [3.05, 3.63) is 42.0 Å². The van der Waals surface area contributed by atoms with Gasteiger partial charge in [-0.15, -0.1) is 0 Å². The molecule has 1 aromatic rings. The summed E-state index contributed by atoms with van der Waals surface area (Å²) in [6.45, 7) is 9.79.